The highest BCUT2D eigenvalue weighted by atomic mass is 19.1. The van der Waals surface area contributed by atoms with Gasteiger partial charge in [-0.25, -0.2) is 4.39 Å². The Hall–Kier alpha value is -3.81. The maximum Gasteiger partial charge on any atom is 0.251 e. The molecule has 0 aliphatic carbocycles. The molecule has 4 heterocycles. The van der Waals surface area contributed by atoms with E-state index in [9.17, 15) is 9.18 Å². The van der Waals surface area contributed by atoms with Crippen molar-refractivity contribution in [1.82, 2.24) is 20.4 Å². The van der Waals surface area contributed by atoms with Crippen molar-refractivity contribution in [2.75, 3.05) is 0 Å². The lowest BCUT2D eigenvalue weighted by molar-refractivity contribution is 0.0857. The molecule has 4 aromatic rings. The smallest absolute Gasteiger partial charge is 0.251 e. The second kappa shape index (κ2) is 8.11. The maximum absolute atomic E-state index is 14.7. The van der Waals surface area contributed by atoms with Crippen LogP contribution in [-0.4, -0.2) is 15.7 Å². The summed E-state index contributed by atoms with van der Waals surface area (Å²) in [6, 6.07) is 15.7. The molecule has 1 aromatic heterocycles. The standard InChI is InChI=1S/C29H25FN4O2/c1-16-24-13-31-12-19(24)11-26(30)25(16)14-32-29(35)18-4-6-21-23(10-18)28-22-9-17(15-34-8-2-7-33-34)3-5-20(22)27(21)36-28/h2-11,27-28,31H,12-15H2,1H3,(H,32,35). The first kappa shape index (κ1) is 21.5. The fourth-order valence-electron chi connectivity index (χ4n) is 5.86. The van der Waals surface area contributed by atoms with E-state index >= 15 is 0 Å². The molecule has 0 spiro atoms. The van der Waals surface area contributed by atoms with Crippen molar-refractivity contribution >= 4 is 5.91 Å². The van der Waals surface area contributed by atoms with E-state index in [2.05, 4.69) is 33.9 Å². The summed E-state index contributed by atoms with van der Waals surface area (Å²) in [6.07, 6.45) is 3.43. The van der Waals surface area contributed by atoms with E-state index in [4.69, 9.17) is 4.74 Å². The number of halogens is 1. The fraction of sp³-hybridized carbons (Fsp3) is 0.241. The molecule has 36 heavy (non-hydrogen) atoms. The van der Waals surface area contributed by atoms with Crippen LogP contribution in [0.3, 0.4) is 0 Å². The minimum absolute atomic E-state index is 0.104. The van der Waals surface area contributed by atoms with Crippen LogP contribution in [0.4, 0.5) is 4.39 Å². The molecule has 180 valence electrons. The van der Waals surface area contributed by atoms with Crippen molar-refractivity contribution in [2.24, 2.45) is 0 Å². The summed E-state index contributed by atoms with van der Waals surface area (Å²) in [5, 5.41) is 10.5. The van der Waals surface area contributed by atoms with Crippen LogP contribution in [0.5, 0.6) is 0 Å². The Balaban J connectivity index is 1.12. The summed E-state index contributed by atoms with van der Waals surface area (Å²) in [5.74, 6) is -0.483. The number of ether oxygens (including phenoxy) is 1. The Morgan fingerprint density at radius 1 is 1.11 bits per heavy atom. The van der Waals surface area contributed by atoms with Crippen molar-refractivity contribution in [3.63, 3.8) is 0 Å². The molecule has 0 saturated carbocycles. The summed E-state index contributed by atoms with van der Waals surface area (Å²) >= 11 is 0. The Kier molecular flexibility index (Phi) is 4.84. The van der Waals surface area contributed by atoms with Gasteiger partial charge in [0.2, 0.25) is 0 Å². The molecule has 6 nitrogen and oxygen atoms in total. The fourth-order valence-corrected chi connectivity index (χ4v) is 5.86. The quantitative estimate of drug-likeness (QED) is 0.443. The number of hydrogen-bond donors (Lipinski definition) is 2. The molecule has 2 atom stereocenters. The Morgan fingerprint density at radius 3 is 2.75 bits per heavy atom. The minimum Gasteiger partial charge on any atom is -0.356 e. The maximum atomic E-state index is 14.7. The number of carbonyl (C=O) groups excluding carboxylic acids is 1. The van der Waals surface area contributed by atoms with Gasteiger partial charge >= 0.3 is 0 Å². The topological polar surface area (TPSA) is 68.2 Å². The van der Waals surface area contributed by atoms with E-state index in [0.717, 1.165) is 45.5 Å². The summed E-state index contributed by atoms with van der Waals surface area (Å²) in [6.45, 7) is 4.20. The number of rotatable bonds is 5. The Labute approximate surface area is 208 Å². The second-order valence-electron chi connectivity index (χ2n) is 9.79. The highest BCUT2D eigenvalue weighted by Crippen LogP contribution is 2.54. The largest absolute Gasteiger partial charge is 0.356 e. The van der Waals surface area contributed by atoms with Gasteiger partial charge in [-0.1, -0.05) is 24.3 Å². The number of aromatic nitrogens is 2. The number of benzene rings is 3. The van der Waals surface area contributed by atoms with Gasteiger partial charge in [-0.2, -0.15) is 5.10 Å². The third kappa shape index (κ3) is 3.31. The summed E-state index contributed by atoms with van der Waals surface area (Å²) in [4.78, 5) is 13.1. The van der Waals surface area contributed by atoms with Crippen molar-refractivity contribution in [3.05, 3.63) is 122 Å². The van der Waals surface area contributed by atoms with Crippen molar-refractivity contribution < 1.29 is 13.9 Å². The minimum atomic E-state index is -0.266. The first-order valence-electron chi connectivity index (χ1n) is 12.2. The van der Waals surface area contributed by atoms with Crippen molar-refractivity contribution in [1.29, 1.82) is 0 Å². The highest BCUT2D eigenvalue weighted by Gasteiger charge is 2.43. The van der Waals surface area contributed by atoms with Crippen LogP contribution in [0.15, 0.2) is 60.9 Å². The van der Waals surface area contributed by atoms with Crippen LogP contribution < -0.4 is 10.6 Å². The zero-order valence-electron chi connectivity index (χ0n) is 19.8. The third-order valence-corrected chi connectivity index (χ3v) is 7.73. The molecule has 0 fully saturated rings. The average molecular weight is 481 g/mol. The molecule has 7 heteroatoms. The Bertz CT molecular complexity index is 1530. The second-order valence-corrected chi connectivity index (χ2v) is 9.79. The SMILES string of the molecule is Cc1c(CNC(=O)c2ccc3c(c2)C2OC3c3ccc(Cn4cccn4)cc32)c(F)cc2c1CNC2. The molecular weight excluding hydrogens is 455 g/mol. The molecule has 7 rings (SSSR count). The van der Waals surface area contributed by atoms with Crippen LogP contribution in [0.2, 0.25) is 0 Å². The molecule has 2 N–H and O–H groups in total. The number of nitrogens with zero attached hydrogens (tertiary/aromatic N) is 2. The van der Waals surface area contributed by atoms with Gasteiger partial charge < -0.3 is 15.4 Å². The first-order valence-corrected chi connectivity index (χ1v) is 12.2. The first-order chi connectivity index (χ1) is 17.6. The van der Waals surface area contributed by atoms with Crippen molar-refractivity contribution in [2.45, 2.75) is 45.3 Å². The zero-order valence-corrected chi connectivity index (χ0v) is 19.8. The number of nitrogens with one attached hydrogen (secondary N) is 2. The molecule has 0 saturated heterocycles. The average Bonchev–Trinajstić information content (AvgIpc) is 3.68. The van der Waals surface area contributed by atoms with Gasteiger partial charge in [-0.15, -0.1) is 0 Å². The van der Waals surface area contributed by atoms with Crippen LogP contribution in [-0.2, 0) is 30.9 Å². The van der Waals surface area contributed by atoms with Gasteiger partial charge in [0.1, 0.15) is 18.0 Å². The number of amides is 1. The highest BCUT2D eigenvalue weighted by molar-refractivity contribution is 5.94. The van der Waals surface area contributed by atoms with Crippen LogP contribution in [0.25, 0.3) is 0 Å². The predicted octanol–water partition coefficient (Wildman–Crippen LogP) is 4.43. The van der Waals surface area contributed by atoms with Gasteiger partial charge in [-0.3, -0.25) is 9.48 Å². The monoisotopic (exact) mass is 480 g/mol. The normalized spacial score (nSPS) is 18.7. The van der Waals surface area contributed by atoms with Gasteiger partial charge in [-0.05, 0) is 75.7 Å². The zero-order chi connectivity index (χ0) is 24.4. The molecule has 0 radical (unpaired) electrons. The molecular formula is C29H25FN4O2. The van der Waals surface area contributed by atoms with E-state index < -0.39 is 0 Å². The lowest BCUT2D eigenvalue weighted by Gasteiger charge is -2.18. The van der Waals surface area contributed by atoms with E-state index in [1.54, 1.807) is 12.3 Å². The Morgan fingerprint density at radius 2 is 1.92 bits per heavy atom. The van der Waals surface area contributed by atoms with Gasteiger partial charge in [0.25, 0.3) is 5.91 Å². The van der Waals surface area contributed by atoms with E-state index in [-0.39, 0.29) is 30.5 Å². The summed E-state index contributed by atoms with van der Waals surface area (Å²) in [5.41, 5.74) is 9.79. The molecule has 1 amide bonds. The van der Waals surface area contributed by atoms with E-state index in [1.165, 1.54) is 5.56 Å². The lowest BCUT2D eigenvalue weighted by atomic mass is 9.84. The van der Waals surface area contributed by atoms with E-state index in [0.29, 0.717) is 24.2 Å². The third-order valence-electron chi connectivity index (χ3n) is 7.73. The number of carbonyl (C=O) groups is 1. The van der Waals surface area contributed by atoms with Gasteiger partial charge in [0, 0.05) is 43.2 Å². The van der Waals surface area contributed by atoms with Gasteiger partial charge in [0.05, 0.1) is 6.54 Å². The van der Waals surface area contributed by atoms with Crippen LogP contribution in [0, 0.1) is 12.7 Å². The van der Waals surface area contributed by atoms with Crippen LogP contribution in [0.1, 0.15) is 72.6 Å². The predicted molar refractivity (Wildman–Crippen MR) is 132 cm³/mol. The molecule has 3 aliphatic rings. The summed E-state index contributed by atoms with van der Waals surface area (Å²) < 4.78 is 23.0. The van der Waals surface area contributed by atoms with Crippen molar-refractivity contribution in [3.8, 4) is 0 Å². The van der Waals surface area contributed by atoms with Gasteiger partial charge in [0.15, 0.2) is 0 Å². The molecule has 3 aromatic carbocycles. The molecule has 2 bridgehead atoms. The molecule has 3 aliphatic heterocycles. The number of fused-ring (bicyclic) bond motifs is 9. The lowest BCUT2D eigenvalue weighted by Crippen LogP contribution is -2.24. The summed E-state index contributed by atoms with van der Waals surface area (Å²) in [7, 11) is 0. The molecule has 2 unspecified atom stereocenters. The van der Waals surface area contributed by atoms with E-state index in [1.807, 2.05) is 42.1 Å². The number of hydrogen-bond acceptors (Lipinski definition) is 4. The van der Waals surface area contributed by atoms with Crippen LogP contribution >= 0.6 is 0 Å².